The molecule has 0 amide bonds. The smallest absolute Gasteiger partial charge is 0.306 e. The Kier molecular flexibility index (Phi) is 7.54. The van der Waals surface area contributed by atoms with E-state index in [4.69, 9.17) is 18.9 Å². The molecule has 34 heavy (non-hydrogen) atoms. The quantitative estimate of drug-likeness (QED) is 0.180. The van der Waals surface area contributed by atoms with Crippen LogP contribution in [0.4, 0.5) is 0 Å². The summed E-state index contributed by atoms with van der Waals surface area (Å²) < 4.78 is 22.7. The van der Waals surface area contributed by atoms with Gasteiger partial charge in [-0.15, -0.1) is 0 Å². The summed E-state index contributed by atoms with van der Waals surface area (Å²) in [6.07, 6.45) is -8.39. The van der Waals surface area contributed by atoms with E-state index in [-0.39, 0.29) is 26.1 Å². The molecule has 0 aromatic rings. The van der Waals surface area contributed by atoms with Crippen molar-refractivity contribution in [1.82, 2.24) is 0 Å². The van der Waals surface area contributed by atoms with E-state index in [1.54, 1.807) is 0 Å². The van der Waals surface area contributed by atoms with Gasteiger partial charge in [-0.1, -0.05) is 0 Å². The number of carbonyl (C=O) groups is 1. The standard InChI is InChI=1S/C21H34O13/c22-5-14-15(25)16(26)17(27)19(33-14)31-6-10-7-32-21(4-12(10)24)20(30,8-23)11-2-1-9(18(28)29)3-13(11)34-21/h9-17,19,22-27,30H,1-8H2,(H,28,29)/t9-,10+,11-,12+,13+,14+,15+,16-,17+,19+,20-,21-/m0/s1. The van der Waals surface area contributed by atoms with E-state index in [9.17, 15) is 45.6 Å². The maximum absolute atomic E-state index is 11.4. The van der Waals surface area contributed by atoms with Gasteiger partial charge in [-0.3, -0.25) is 4.79 Å². The van der Waals surface area contributed by atoms with Crippen molar-refractivity contribution in [2.75, 3.05) is 26.4 Å². The van der Waals surface area contributed by atoms with Crippen molar-refractivity contribution in [2.24, 2.45) is 17.8 Å². The van der Waals surface area contributed by atoms with Gasteiger partial charge in [-0.05, 0) is 19.3 Å². The summed E-state index contributed by atoms with van der Waals surface area (Å²) in [6.45, 7) is -1.64. The van der Waals surface area contributed by atoms with Crippen molar-refractivity contribution in [1.29, 1.82) is 0 Å². The zero-order valence-electron chi connectivity index (χ0n) is 18.5. The van der Waals surface area contributed by atoms with Crippen molar-refractivity contribution < 1.29 is 64.6 Å². The number of aliphatic hydroxyl groups is 7. The lowest BCUT2D eigenvalue weighted by Crippen LogP contribution is -2.63. The highest BCUT2D eigenvalue weighted by molar-refractivity contribution is 5.70. The van der Waals surface area contributed by atoms with E-state index in [0.717, 1.165) is 0 Å². The van der Waals surface area contributed by atoms with Gasteiger partial charge >= 0.3 is 5.97 Å². The van der Waals surface area contributed by atoms with Gasteiger partial charge in [0, 0.05) is 18.3 Å². The van der Waals surface area contributed by atoms with Gasteiger partial charge in [0.15, 0.2) is 6.29 Å². The van der Waals surface area contributed by atoms with Crippen LogP contribution in [0.15, 0.2) is 0 Å². The predicted molar refractivity (Wildman–Crippen MR) is 108 cm³/mol. The number of rotatable bonds is 6. The van der Waals surface area contributed by atoms with Crippen LogP contribution in [0.3, 0.4) is 0 Å². The molecule has 3 saturated heterocycles. The van der Waals surface area contributed by atoms with Crippen LogP contribution in [-0.2, 0) is 23.7 Å². The number of hydrogen-bond acceptors (Lipinski definition) is 12. The third kappa shape index (κ3) is 4.26. The molecule has 4 rings (SSSR count). The summed E-state index contributed by atoms with van der Waals surface area (Å²) in [5.41, 5.74) is -1.83. The Bertz CT molecular complexity index is 735. The van der Waals surface area contributed by atoms with Crippen LogP contribution in [-0.4, -0.2) is 128 Å². The van der Waals surface area contributed by atoms with E-state index in [0.29, 0.717) is 12.8 Å². The normalized spacial score (nSPS) is 51.4. The fraction of sp³-hybridized carbons (Fsp3) is 0.952. The Balaban J connectivity index is 1.40. The Morgan fingerprint density at radius 2 is 1.79 bits per heavy atom. The first kappa shape index (κ1) is 26.1. The molecule has 0 aromatic carbocycles. The Morgan fingerprint density at radius 1 is 1.06 bits per heavy atom. The average molecular weight is 494 g/mol. The molecule has 3 heterocycles. The largest absolute Gasteiger partial charge is 0.481 e. The van der Waals surface area contributed by atoms with Crippen molar-refractivity contribution in [2.45, 2.75) is 80.0 Å². The van der Waals surface area contributed by atoms with Gasteiger partial charge in [-0.2, -0.15) is 0 Å². The molecule has 1 aliphatic carbocycles. The third-order valence-electron chi connectivity index (χ3n) is 7.87. The number of aliphatic carboxylic acids is 1. The molecule has 0 radical (unpaired) electrons. The average Bonchev–Trinajstić information content (AvgIpc) is 3.05. The van der Waals surface area contributed by atoms with Crippen molar-refractivity contribution in [3.63, 3.8) is 0 Å². The molecule has 13 heteroatoms. The molecule has 1 saturated carbocycles. The van der Waals surface area contributed by atoms with E-state index in [2.05, 4.69) is 0 Å². The van der Waals surface area contributed by atoms with E-state index in [1.807, 2.05) is 0 Å². The number of fused-ring (bicyclic) bond motifs is 1. The lowest BCUT2D eigenvalue weighted by molar-refractivity contribution is -0.342. The topological polar surface area (TPSA) is 216 Å². The van der Waals surface area contributed by atoms with Crippen LogP contribution < -0.4 is 0 Å². The van der Waals surface area contributed by atoms with Crippen LogP contribution in [0.2, 0.25) is 0 Å². The van der Waals surface area contributed by atoms with Gasteiger partial charge in [0.1, 0.15) is 30.0 Å². The lowest BCUT2D eigenvalue weighted by atomic mass is 9.70. The first-order valence-electron chi connectivity index (χ1n) is 11.5. The van der Waals surface area contributed by atoms with Crippen molar-refractivity contribution in [3.8, 4) is 0 Å². The fourth-order valence-corrected chi connectivity index (χ4v) is 5.72. The first-order valence-corrected chi connectivity index (χ1v) is 11.5. The van der Waals surface area contributed by atoms with E-state index in [1.165, 1.54) is 0 Å². The summed E-state index contributed by atoms with van der Waals surface area (Å²) in [5.74, 6) is -4.51. The summed E-state index contributed by atoms with van der Waals surface area (Å²) in [7, 11) is 0. The monoisotopic (exact) mass is 494 g/mol. The minimum atomic E-state index is -1.83. The summed E-state index contributed by atoms with van der Waals surface area (Å²) in [5, 5.41) is 80.7. The third-order valence-corrected chi connectivity index (χ3v) is 7.87. The van der Waals surface area contributed by atoms with Crippen LogP contribution in [0.25, 0.3) is 0 Å². The Morgan fingerprint density at radius 3 is 2.41 bits per heavy atom. The molecule has 13 nitrogen and oxygen atoms in total. The zero-order valence-corrected chi connectivity index (χ0v) is 18.5. The molecule has 1 spiro atoms. The van der Waals surface area contributed by atoms with Crippen molar-refractivity contribution in [3.05, 3.63) is 0 Å². The van der Waals surface area contributed by atoms with E-state index >= 15 is 0 Å². The van der Waals surface area contributed by atoms with Crippen LogP contribution in [0.1, 0.15) is 25.7 Å². The number of hydrogen-bond donors (Lipinski definition) is 8. The van der Waals surface area contributed by atoms with Gasteiger partial charge in [0.2, 0.25) is 5.79 Å². The molecule has 8 N–H and O–H groups in total. The molecular formula is C21H34O13. The van der Waals surface area contributed by atoms with E-state index < -0.39 is 91.2 Å². The summed E-state index contributed by atoms with van der Waals surface area (Å²) in [6, 6.07) is 0. The minimum Gasteiger partial charge on any atom is -0.481 e. The maximum Gasteiger partial charge on any atom is 0.306 e. The second kappa shape index (κ2) is 9.82. The molecule has 0 bridgehead atoms. The molecule has 0 unspecified atom stereocenters. The molecule has 0 aromatic heterocycles. The minimum absolute atomic E-state index is 0.150. The molecule has 4 aliphatic rings. The van der Waals surface area contributed by atoms with Gasteiger partial charge in [0.25, 0.3) is 0 Å². The Hall–Kier alpha value is -0.970. The van der Waals surface area contributed by atoms with Crippen LogP contribution in [0, 0.1) is 17.8 Å². The van der Waals surface area contributed by atoms with Crippen LogP contribution in [0.5, 0.6) is 0 Å². The number of carboxylic acids is 1. The highest BCUT2D eigenvalue weighted by Crippen LogP contribution is 2.54. The summed E-state index contributed by atoms with van der Waals surface area (Å²) >= 11 is 0. The molecule has 3 aliphatic heterocycles. The van der Waals surface area contributed by atoms with Crippen molar-refractivity contribution >= 4 is 5.97 Å². The second-order valence-corrected chi connectivity index (χ2v) is 9.82. The number of aliphatic hydroxyl groups excluding tert-OH is 6. The highest BCUT2D eigenvalue weighted by Gasteiger charge is 2.68. The Labute approximate surface area is 195 Å². The zero-order chi connectivity index (χ0) is 24.8. The molecule has 4 fully saturated rings. The van der Waals surface area contributed by atoms with Gasteiger partial charge < -0.3 is 59.8 Å². The fourth-order valence-electron chi connectivity index (χ4n) is 5.72. The SMILES string of the molecule is O=C(O)[C@H]1CC[C@H]2[C@@H](C1)O[C@@]1(C[C@@H](O)[C@H](CO[C@@H]3O[C@H](CO)[C@@H](O)[C@H](O)[C@H]3O)CO1)[C@]2(O)CO. The van der Waals surface area contributed by atoms with Crippen LogP contribution >= 0.6 is 0 Å². The summed E-state index contributed by atoms with van der Waals surface area (Å²) in [4.78, 5) is 11.4. The molecule has 196 valence electrons. The highest BCUT2D eigenvalue weighted by atomic mass is 16.7. The first-order chi connectivity index (χ1) is 16.1. The lowest BCUT2D eigenvalue weighted by Gasteiger charge is -2.47. The maximum atomic E-state index is 11.4. The number of ether oxygens (including phenoxy) is 4. The number of carboxylic acid groups (broad SMARTS) is 1. The predicted octanol–water partition coefficient (Wildman–Crippen LogP) is -3.48. The van der Waals surface area contributed by atoms with Gasteiger partial charge in [0.05, 0.1) is 44.6 Å². The van der Waals surface area contributed by atoms with Gasteiger partial charge in [-0.25, -0.2) is 0 Å². The molecular weight excluding hydrogens is 460 g/mol. The molecule has 12 atom stereocenters. The second-order valence-electron chi connectivity index (χ2n) is 9.82.